The second kappa shape index (κ2) is 8.98. The van der Waals surface area contributed by atoms with Crippen molar-refractivity contribution in [2.75, 3.05) is 29.4 Å². The van der Waals surface area contributed by atoms with Crippen LogP contribution in [0.25, 0.3) is 0 Å². The van der Waals surface area contributed by atoms with Crippen molar-refractivity contribution in [2.24, 2.45) is 0 Å². The molecular formula is C23H26N4O3. The second-order valence-electron chi connectivity index (χ2n) is 7.74. The van der Waals surface area contributed by atoms with E-state index in [1.165, 1.54) is 5.56 Å². The molecule has 0 unspecified atom stereocenters. The molecule has 2 N–H and O–H groups in total. The van der Waals surface area contributed by atoms with Crippen LogP contribution in [0.3, 0.4) is 0 Å². The van der Waals surface area contributed by atoms with Crippen LogP contribution in [0.5, 0.6) is 0 Å². The highest BCUT2D eigenvalue weighted by atomic mass is 16.2. The fourth-order valence-corrected chi connectivity index (χ4v) is 4.07. The lowest BCUT2D eigenvalue weighted by Gasteiger charge is -2.30. The molecule has 1 saturated heterocycles. The largest absolute Gasteiger partial charge is 0.362 e. The van der Waals surface area contributed by atoms with Crippen LogP contribution in [0.2, 0.25) is 0 Å². The summed E-state index contributed by atoms with van der Waals surface area (Å²) in [6.45, 7) is 1.77. The maximum atomic E-state index is 12.3. The number of hydrogen-bond donors (Lipinski definition) is 2. The van der Waals surface area contributed by atoms with E-state index in [2.05, 4.69) is 16.9 Å². The summed E-state index contributed by atoms with van der Waals surface area (Å²) in [7, 11) is 0. The number of hydrogen-bond acceptors (Lipinski definition) is 4. The molecule has 0 radical (unpaired) electrons. The number of anilines is 2. The Morgan fingerprint density at radius 3 is 2.37 bits per heavy atom. The lowest BCUT2D eigenvalue weighted by Crippen LogP contribution is -2.47. The Balaban J connectivity index is 1.25. The average molecular weight is 406 g/mol. The third kappa shape index (κ3) is 4.62. The Labute approximate surface area is 176 Å². The van der Waals surface area contributed by atoms with Gasteiger partial charge in [-0.05, 0) is 48.6 Å². The number of fused-ring (bicyclic) bond motifs is 1. The summed E-state index contributed by atoms with van der Waals surface area (Å²) < 4.78 is 0. The van der Waals surface area contributed by atoms with Gasteiger partial charge >= 0.3 is 0 Å². The number of amides is 3. The van der Waals surface area contributed by atoms with E-state index in [9.17, 15) is 14.4 Å². The number of carbonyl (C=O) groups excluding carboxylic acids is 3. The van der Waals surface area contributed by atoms with Crippen LogP contribution in [0.15, 0.2) is 48.5 Å². The molecule has 0 bridgehead atoms. The normalized spacial score (nSPS) is 15.7. The predicted molar refractivity (Wildman–Crippen MR) is 115 cm³/mol. The van der Waals surface area contributed by atoms with Gasteiger partial charge < -0.3 is 9.80 Å². The number of rotatable bonds is 5. The van der Waals surface area contributed by atoms with Gasteiger partial charge in [-0.15, -0.1) is 0 Å². The molecule has 0 aliphatic carbocycles. The van der Waals surface area contributed by atoms with Gasteiger partial charge in [0.05, 0.1) is 13.0 Å². The highest BCUT2D eigenvalue weighted by Crippen LogP contribution is 2.26. The first-order valence-electron chi connectivity index (χ1n) is 10.4. The number of nitrogens with one attached hydrogen (secondary N) is 2. The molecule has 2 aliphatic rings. The highest BCUT2D eigenvalue weighted by molar-refractivity contribution is 5.95. The van der Waals surface area contributed by atoms with Crippen LogP contribution in [-0.2, 0) is 27.2 Å². The first kappa shape index (κ1) is 19.9. The maximum Gasteiger partial charge on any atom is 0.257 e. The molecule has 1 fully saturated rings. The van der Waals surface area contributed by atoms with Gasteiger partial charge in [0, 0.05) is 30.9 Å². The van der Waals surface area contributed by atoms with E-state index < -0.39 is 0 Å². The first-order chi connectivity index (χ1) is 14.6. The second-order valence-corrected chi connectivity index (χ2v) is 7.74. The van der Waals surface area contributed by atoms with Crippen LogP contribution >= 0.6 is 0 Å². The lowest BCUT2D eigenvalue weighted by atomic mass is 10.0. The quantitative estimate of drug-likeness (QED) is 0.744. The van der Waals surface area contributed by atoms with E-state index in [4.69, 9.17) is 0 Å². The van der Waals surface area contributed by atoms with Crippen molar-refractivity contribution in [1.29, 1.82) is 0 Å². The molecule has 156 valence electrons. The number of nitrogens with zero attached hydrogens (tertiary/aromatic N) is 2. The number of hydrazine groups is 1. The molecule has 4 rings (SSSR count). The van der Waals surface area contributed by atoms with Crippen LogP contribution in [0.4, 0.5) is 11.4 Å². The minimum absolute atomic E-state index is 0.138. The Kier molecular flexibility index (Phi) is 5.97. The Bertz CT molecular complexity index is 942. The van der Waals surface area contributed by atoms with Crippen molar-refractivity contribution >= 4 is 29.1 Å². The Morgan fingerprint density at radius 1 is 0.867 bits per heavy atom. The van der Waals surface area contributed by atoms with Gasteiger partial charge in [-0.2, -0.15) is 0 Å². The highest BCUT2D eigenvalue weighted by Gasteiger charge is 2.21. The number of benzene rings is 2. The predicted octanol–water partition coefficient (Wildman–Crippen LogP) is 1.96. The van der Waals surface area contributed by atoms with Gasteiger partial charge in [0.25, 0.3) is 5.91 Å². The van der Waals surface area contributed by atoms with E-state index in [-0.39, 0.29) is 30.7 Å². The summed E-state index contributed by atoms with van der Waals surface area (Å²) in [5.74, 6) is -0.394. The molecule has 30 heavy (non-hydrogen) atoms. The average Bonchev–Trinajstić information content (AvgIpc) is 3.19. The molecule has 0 atom stereocenters. The van der Waals surface area contributed by atoms with Crippen molar-refractivity contribution in [3.8, 4) is 0 Å². The van der Waals surface area contributed by atoms with Crippen LogP contribution < -0.4 is 20.7 Å². The fourth-order valence-electron chi connectivity index (χ4n) is 4.07. The SMILES string of the molecule is O=C(Cc1ccc(N2CCCC2=O)cc1)NNC(=O)CN1CCCc2ccccc21. The Hall–Kier alpha value is -3.35. The summed E-state index contributed by atoms with van der Waals surface area (Å²) in [6.07, 6.45) is 3.66. The molecule has 0 spiro atoms. The smallest absolute Gasteiger partial charge is 0.257 e. The summed E-state index contributed by atoms with van der Waals surface area (Å²) >= 11 is 0. The summed E-state index contributed by atoms with van der Waals surface area (Å²) in [5, 5.41) is 0. The third-order valence-electron chi connectivity index (χ3n) is 5.57. The zero-order valence-corrected chi connectivity index (χ0v) is 16.9. The van der Waals surface area contributed by atoms with Gasteiger partial charge in [-0.1, -0.05) is 30.3 Å². The van der Waals surface area contributed by atoms with E-state index in [1.807, 2.05) is 47.4 Å². The van der Waals surface area contributed by atoms with Gasteiger partial charge in [0.1, 0.15) is 0 Å². The van der Waals surface area contributed by atoms with Gasteiger partial charge in [0.15, 0.2) is 0 Å². The van der Waals surface area contributed by atoms with Gasteiger partial charge in [-0.25, -0.2) is 0 Å². The summed E-state index contributed by atoms with van der Waals surface area (Å²) in [6, 6.07) is 15.5. The molecule has 2 heterocycles. The molecule has 3 amide bonds. The van der Waals surface area contributed by atoms with E-state index in [1.54, 1.807) is 4.90 Å². The zero-order chi connectivity index (χ0) is 20.9. The molecule has 7 heteroatoms. The van der Waals surface area contributed by atoms with Gasteiger partial charge in [0.2, 0.25) is 11.8 Å². The third-order valence-corrected chi connectivity index (χ3v) is 5.57. The summed E-state index contributed by atoms with van der Waals surface area (Å²) in [4.78, 5) is 40.1. The standard InChI is InChI=1S/C23H26N4O3/c28-21(15-17-9-11-19(12-10-17)27-14-4-8-23(27)30)24-25-22(29)16-26-13-3-6-18-5-1-2-7-20(18)26/h1-2,5,7,9-12H,3-4,6,8,13-16H2,(H,24,28)(H,25,29). The molecule has 2 aromatic carbocycles. The van der Waals surface area contributed by atoms with Crippen molar-refractivity contribution in [3.05, 3.63) is 59.7 Å². The molecular weight excluding hydrogens is 380 g/mol. The summed E-state index contributed by atoms with van der Waals surface area (Å²) in [5.41, 5.74) is 9.02. The maximum absolute atomic E-state index is 12.3. The zero-order valence-electron chi connectivity index (χ0n) is 16.9. The first-order valence-corrected chi connectivity index (χ1v) is 10.4. The van der Waals surface area contributed by atoms with Crippen molar-refractivity contribution in [3.63, 3.8) is 0 Å². The number of para-hydroxylation sites is 1. The van der Waals surface area contributed by atoms with Crippen LogP contribution in [0, 0.1) is 0 Å². The molecule has 0 saturated carbocycles. The lowest BCUT2D eigenvalue weighted by molar-refractivity contribution is -0.127. The van der Waals surface area contributed by atoms with E-state index in [0.29, 0.717) is 6.42 Å². The van der Waals surface area contributed by atoms with E-state index in [0.717, 1.165) is 49.3 Å². The van der Waals surface area contributed by atoms with Crippen LogP contribution in [0.1, 0.15) is 30.4 Å². The van der Waals surface area contributed by atoms with Gasteiger partial charge in [-0.3, -0.25) is 25.2 Å². The topological polar surface area (TPSA) is 81.8 Å². The minimum Gasteiger partial charge on any atom is -0.362 e. The molecule has 2 aliphatic heterocycles. The molecule has 2 aromatic rings. The van der Waals surface area contributed by atoms with Crippen molar-refractivity contribution in [2.45, 2.75) is 32.1 Å². The van der Waals surface area contributed by atoms with Crippen molar-refractivity contribution in [1.82, 2.24) is 10.9 Å². The molecule has 7 nitrogen and oxygen atoms in total. The number of carbonyl (C=O) groups is 3. The van der Waals surface area contributed by atoms with Crippen LogP contribution in [-0.4, -0.2) is 37.4 Å². The Morgan fingerprint density at radius 2 is 1.60 bits per heavy atom. The minimum atomic E-state index is -0.285. The monoisotopic (exact) mass is 406 g/mol. The van der Waals surface area contributed by atoms with E-state index >= 15 is 0 Å². The number of aryl methyl sites for hydroxylation is 1. The molecule has 0 aromatic heterocycles. The van der Waals surface area contributed by atoms with Crippen molar-refractivity contribution < 1.29 is 14.4 Å². The fraction of sp³-hybridized carbons (Fsp3) is 0.348.